The van der Waals surface area contributed by atoms with Gasteiger partial charge in [0.15, 0.2) is 0 Å². The van der Waals surface area contributed by atoms with E-state index in [2.05, 4.69) is 0 Å². The fourth-order valence-corrected chi connectivity index (χ4v) is 2.15. The largest absolute Gasteiger partial charge is 0.396 e. The van der Waals surface area contributed by atoms with Gasteiger partial charge in [-0.2, -0.15) is 0 Å². The molecule has 0 radical (unpaired) electrons. The quantitative estimate of drug-likeness (QED) is 0.724. The van der Waals surface area contributed by atoms with Crippen LogP contribution in [0.1, 0.15) is 26.2 Å². The Balaban J connectivity index is 2.13. The maximum atomic E-state index is 11.6. The van der Waals surface area contributed by atoms with Crippen molar-refractivity contribution in [1.82, 2.24) is 4.90 Å². The third kappa shape index (κ3) is 3.88. The fourth-order valence-electron chi connectivity index (χ4n) is 1.25. The van der Waals surface area contributed by atoms with Gasteiger partial charge >= 0.3 is 0 Å². The molecule has 1 aliphatic rings. The molecule has 82 valence electrons. The van der Waals surface area contributed by atoms with Crippen molar-refractivity contribution in [1.29, 1.82) is 0 Å². The van der Waals surface area contributed by atoms with Crippen molar-refractivity contribution in [2.45, 2.75) is 37.5 Å². The molecule has 1 saturated carbocycles. The molecule has 1 aliphatic carbocycles. The summed E-state index contributed by atoms with van der Waals surface area (Å²) < 4.78 is 0. The van der Waals surface area contributed by atoms with Gasteiger partial charge in [0.1, 0.15) is 0 Å². The molecule has 0 spiro atoms. The molecular formula is C10H19NO2S. The molecule has 1 N–H and O–H groups in total. The third-order valence-electron chi connectivity index (χ3n) is 2.51. The lowest BCUT2D eigenvalue weighted by molar-refractivity contribution is -0.127. The standard InChI is InChI=1S/C10H19NO2S/c1-8(5-6-12)14-7-10(13)11(2)9-3-4-9/h8-9,12H,3-7H2,1-2H3. The number of thioether (sulfide) groups is 1. The Bertz CT molecular complexity index is 195. The van der Waals surface area contributed by atoms with Crippen LogP contribution in [-0.4, -0.2) is 46.6 Å². The van der Waals surface area contributed by atoms with Crippen molar-refractivity contribution in [3.63, 3.8) is 0 Å². The zero-order valence-electron chi connectivity index (χ0n) is 8.90. The zero-order chi connectivity index (χ0) is 10.6. The maximum Gasteiger partial charge on any atom is 0.232 e. The maximum absolute atomic E-state index is 11.6. The van der Waals surface area contributed by atoms with Crippen LogP contribution in [0.15, 0.2) is 0 Å². The van der Waals surface area contributed by atoms with Gasteiger partial charge < -0.3 is 10.0 Å². The molecule has 0 aliphatic heterocycles. The lowest BCUT2D eigenvalue weighted by atomic mass is 10.3. The van der Waals surface area contributed by atoms with Crippen molar-refractivity contribution >= 4 is 17.7 Å². The van der Waals surface area contributed by atoms with Gasteiger partial charge in [0, 0.05) is 24.9 Å². The Hall–Kier alpha value is -0.220. The van der Waals surface area contributed by atoms with Crippen LogP contribution in [0.4, 0.5) is 0 Å². The Morgan fingerprint density at radius 1 is 1.64 bits per heavy atom. The van der Waals surface area contributed by atoms with Crippen LogP contribution in [-0.2, 0) is 4.79 Å². The first-order valence-electron chi connectivity index (χ1n) is 5.13. The number of aliphatic hydroxyl groups is 1. The second-order valence-corrected chi connectivity index (χ2v) is 5.30. The first kappa shape index (κ1) is 11.9. The van der Waals surface area contributed by atoms with Gasteiger partial charge in [-0.05, 0) is 19.3 Å². The number of hydrogen-bond acceptors (Lipinski definition) is 3. The SMILES string of the molecule is CC(CCO)SCC(=O)N(C)C1CC1. The Labute approximate surface area is 89.9 Å². The van der Waals surface area contributed by atoms with Crippen molar-refractivity contribution in [2.75, 3.05) is 19.4 Å². The lowest BCUT2D eigenvalue weighted by Gasteiger charge is -2.17. The first-order chi connectivity index (χ1) is 6.65. The summed E-state index contributed by atoms with van der Waals surface area (Å²) in [5.74, 6) is 0.774. The van der Waals surface area contributed by atoms with E-state index in [1.807, 2.05) is 18.9 Å². The predicted molar refractivity (Wildman–Crippen MR) is 59.4 cm³/mol. The summed E-state index contributed by atoms with van der Waals surface area (Å²) in [7, 11) is 1.89. The Morgan fingerprint density at radius 2 is 2.29 bits per heavy atom. The molecule has 14 heavy (non-hydrogen) atoms. The number of hydrogen-bond donors (Lipinski definition) is 1. The molecule has 1 rings (SSSR count). The van der Waals surface area contributed by atoms with Crippen LogP contribution in [0.3, 0.4) is 0 Å². The second-order valence-electron chi connectivity index (χ2n) is 3.87. The highest BCUT2D eigenvalue weighted by molar-refractivity contribution is 8.00. The van der Waals surface area contributed by atoms with Gasteiger partial charge in [0.25, 0.3) is 0 Å². The van der Waals surface area contributed by atoms with Crippen LogP contribution in [0, 0.1) is 0 Å². The minimum atomic E-state index is 0.209. The van der Waals surface area contributed by atoms with Gasteiger partial charge in [-0.25, -0.2) is 0 Å². The van der Waals surface area contributed by atoms with Crippen LogP contribution >= 0.6 is 11.8 Å². The highest BCUT2D eigenvalue weighted by Crippen LogP contribution is 2.26. The van der Waals surface area contributed by atoms with Crippen molar-refractivity contribution in [2.24, 2.45) is 0 Å². The Morgan fingerprint density at radius 3 is 2.79 bits per heavy atom. The van der Waals surface area contributed by atoms with Gasteiger partial charge in [-0.15, -0.1) is 11.8 Å². The summed E-state index contributed by atoms with van der Waals surface area (Å²) in [5, 5.41) is 9.07. The zero-order valence-corrected chi connectivity index (χ0v) is 9.72. The molecular weight excluding hydrogens is 198 g/mol. The first-order valence-corrected chi connectivity index (χ1v) is 6.18. The van der Waals surface area contributed by atoms with Crippen molar-refractivity contribution < 1.29 is 9.90 Å². The molecule has 3 nitrogen and oxygen atoms in total. The molecule has 0 aromatic heterocycles. The number of amides is 1. The minimum absolute atomic E-state index is 0.209. The second kappa shape index (κ2) is 5.61. The minimum Gasteiger partial charge on any atom is -0.396 e. The van der Waals surface area contributed by atoms with Crippen molar-refractivity contribution in [3.05, 3.63) is 0 Å². The van der Waals surface area contributed by atoms with Crippen LogP contribution in [0.2, 0.25) is 0 Å². The van der Waals surface area contributed by atoms with E-state index in [0.29, 0.717) is 17.0 Å². The number of carbonyl (C=O) groups excluding carboxylic acids is 1. The Kier molecular flexibility index (Phi) is 4.75. The van der Waals surface area contributed by atoms with Crippen LogP contribution in [0.5, 0.6) is 0 Å². The van der Waals surface area contributed by atoms with Gasteiger partial charge in [-0.3, -0.25) is 4.79 Å². The molecule has 1 atom stereocenters. The summed E-state index contributed by atoms with van der Waals surface area (Å²) >= 11 is 1.63. The molecule has 0 aromatic rings. The average Bonchev–Trinajstić information content (AvgIpc) is 2.96. The lowest BCUT2D eigenvalue weighted by Crippen LogP contribution is -2.30. The molecule has 0 bridgehead atoms. The van der Waals surface area contributed by atoms with Gasteiger partial charge in [0.05, 0.1) is 5.75 Å². The number of nitrogens with zero attached hydrogens (tertiary/aromatic N) is 1. The summed E-state index contributed by atoms with van der Waals surface area (Å²) in [4.78, 5) is 13.4. The van der Waals surface area contributed by atoms with E-state index in [4.69, 9.17) is 5.11 Å². The molecule has 1 unspecified atom stereocenters. The molecule has 1 fully saturated rings. The van der Waals surface area contributed by atoms with Crippen molar-refractivity contribution in [3.8, 4) is 0 Å². The number of carbonyl (C=O) groups is 1. The molecule has 1 amide bonds. The summed E-state index contributed by atoms with van der Waals surface area (Å²) in [6.45, 7) is 2.26. The third-order valence-corrected chi connectivity index (χ3v) is 3.73. The normalized spacial score (nSPS) is 17.9. The monoisotopic (exact) mass is 217 g/mol. The predicted octanol–water partition coefficient (Wildman–Crippen LogP) is 1.11. The van der Waals surface area contributed by atoms with Gasteiger partial charge in [-0.1, -0.05) is 6.92 Å². The van der Waals surface area contributed by atoms with E-state index < -0.39 is 0 Å². The molecule has 0 aromatic carbocycles. The van der Waals surface area contributed by atoms with E-state index in [9.17, 15) is 4.79 Å². The number of aliphatic hydroxyl groups excluding tert-OH is 1. The van der Waals surface area contributed by atoms with Crippen LogP contribution < -0.4 is 0 Å². The average molecular weight is 217 g/mol. The van der Waals surface area contributed by atoms with E-state index in [0.717, 1.165) is 6.42 Å². The molecule has 4 heteroatoms. The topological polar surface area (TPSA) is 40.5 Å². The van der Waals surface area contributed by atoms with E-state index in [1.54, 1.807) is 11.8 Å². The summed E-state index contributed by atoms with van der Waals surface area (Å²) in [6, 6.07) is 0.510. The highest BCUT2D eigenvalue weighted by atomic mass is 32.2. The molecule has 0 saturated heterocycles. The highest BCUT2D eigenvalue weighted by Gasteiger charge is 2.29. The van der Waals surface area contributed by atoms with E-state index in [1.165, 1.54) is 12.8 Å². The van der Waals surface area contributed by atoms with Gasteiger partial charge in [0.2, 0.25) is 5.91 Å². The molecule has 0 heterocycles. The van der Waals surface area contributed by atoms with E-state index >= 15 is 0 Å². The van der Waals surface area contributed by atoms with E-state index in [-0.39, 0.29) is 12.5 Å². The summed E-state index contributed by atoms with van der Waals surface area (Å²) in [5.41, 5.74) is 0. The van der Waals surface area contributed by atoms with Crippen LogP contribution in [0.25, 0.3) is 0 Å². The fraction of sp³-hybridized carbons (Fsp3) is 0.900. The smallest absolute Gasteiger partial charge is 0.232 e. The summed E-state index contributed by atoms with van der Waals surface area (Å²) in [6.07, 6.45) is 3.10. The number of rotatable bonds is 6.